The molecule has 8 aromatic rings. The van der Waals surface area contributed by atoms with Gasteiger partial charge in [0.1, 0.15) is 8.07 Å². The highest BCUT2D eigenvalue weighted by atomic mass is 28.3. The smallest absolute Gasteiger partial charge is 0.164 e. The summed E-state index contributed by atoms with van der Waals surface area (Å²) >= 11 is 0. The summed E-state index contributed by atoms with van der Waals surface area (Å²) in [4.78, 5) is 15.5. The van der Waals surface area contributed by atoms with Crippen LogP contribution in [0.25, 0.3) is 78.3 Å². The Bertz CT molecular complexity index is 2500. The monoisotopic (exact) mass is 643 g/mol. The second-order valence-electron chi connectivity index (χ2n) is 13.3. The minimum atomic E-state index is -2.02. The molecule has 0 saturated carbocycles. The van der Waals surface area contributed by atoms with Crippen LogP contribution in [0.3, 0.4) is 0 Å². The number of fused-ring (bicyclic) bond motifs is 4. The Morgan fingerprint density at radius 1 is 0.347 bits per heavy atom. The van der Waals surface area contributed by atoms with Crippen LogP contribution in [0, 0.1) is 0 Å². The molecular weight excluding hydrogens is 611 g/mol. The summed E-state index contributed by atoms with van der Waals surface area (Å²) in [6.45, 7) is 4.89. The molecule has 0 unspecified atom stereocenters. The maximum Gasteiger partial charge on any atom is 0.164 e. The first-order chi connectivity index (χ1) is 24.0. The maximum absolute atomic E-state index is 5.22. The Hall–Kier alpha value is -5.97. The van der Waals surface area contributed by atoms with Gasteiger partial charge in [0.2, 0.25) is 0 Å². The van der Waals surface area contributed by atoms with Crippen molar-refractivity contribution in [2.45, 2.75) is 13.1 Å². The predicted octanol–water partition coefficient (Wildman–Crippen LogP) is 10.2. The lowest BCUT2D eigenvalue weighted by Gasteiger charge is -2.21. The SMILES string of the molecule is C[Si]1(C)c2ccccc2-c2cccc(-c3nc(-c4ccc(-c5ccccc5)cc4)nc(-c4ccc(-c5cccc6ccccc56)cc4)n3)c21. The molecule has 3 nitrogen and oxygen atoms in total. The first-order valence-electron chi connectivity index (χ1n) is 16.8. The number of aromatic nitrogens is 3. The van der Waals surface area contributed by atoms with Crippen molar-refractivity contribution >= 4 is 29.2 Å². The maximum atomic E-state index is 5.22. The molecule has 1 aliphatic rings. The standard InChI is InChI=1S/C45H33N3Si/c1-49(2)41-21-9-8-17-38(41)39-19-11-20-40(42(39)49)45-47-43(34-26-22-31(23-27-34)30-12-4-3-5-13-30)46-44(48-45)35-28-24-33(25-29-35)37-18-10-15-32-14-6-7-16-36(32)37/h3-29H,1-2H3. The first-order valence-corrected chi connectivity index (χ1v) is 19.8. The number of rotatable bonds is 5. The van der Waals surface area contributed by atoms with E-state index in [1.54, 1.807) is 0 Å². The molecule has 0 fully saturated rings. The molecule has 0 bridgehead atoms. The van der Waals surface area contributed by atoms with Gasteiger partial charge in [-0.2, -0.15) is 0 Å². The van der Waals surface area contributed by atoms with E-state index in [2.05, 4.69) is 171 Å². The van der Waals surface area contributed by atoms with E-state index >= 15 is 0 Å². The highest BCUT2D eigenvalue weighted by Gasteiger charge is 2.39. The highest BCUT2D eigenvalue weighted by Crippen LogP contribution is 2.35. The summed E-state index contributed by atoms with van der Waals surface area (Å²) in [7, 11) is -2.02. The largest absolute Gasteiger partial charge is 0.208 e. The lowest BCUT2D eigenvalue weighted by molar-refractivity contribution is 1.08. The van der Waals surface area contributed by atoms with Crippen molar-refractivity contribution in [3.63, 3.8) is 0 Å². The van der Waals surface area contributed by atoms with Crippen LogP contribution in [0.15, 0.2) is 164 Å². The Kier molecular flexibility index (Phi) is 6.92. The Morgan fingerprint density at radius 2 is 0.837 bits per heavy atom. The molecule has 0 saturated heterocycles. The fourth-order valence-electron chi connectivity index (χ4n) is 7.51. The molecule has 49 heavy (non-hydrogen) atoms. The van der Waals surface area contributed by atoms with Gasteiger partial charge < -0.3 is 0 Å². The average Bonchev–Trinajstić information content (AvgIpc) is 3.41. The van der Waals surface area contributed by atoms with Gasteiger partial charge in [0, 0.05) is 16.7 Å². The van der Waals surface area contributed by atoms with E-state index in [1.165, 1.54) is 43.4 Å². The van der Waals surface area contributed by atoms with Gasteiger partial charge in [-0.05, 0) is 54.5 Å². The Balaban J connectivity index is 1.19. The zero-order chi connectivity index (χ0) is 33.0. The molecule has 232 valence electrons. The topological polar surface area (TPSA) is 38.7 Å². The lowest BCUT2D eigenvalue weighted by Crippen LogP contribution is -2.50. The van der Waals surface area contributed by atoms with Gasteiger partial charge >= 0.3 is 0 Å². The van der Waals surface area contributed by atoms with E-state index in [4.69, 9.17) is 15.0 Å². The Morgan fingerprint density at radius 3 is 1.59 bits per heavy atom. The van der Waals surface area contributed by atoms with E-state index in [1.807, 2.05) is 6.07 Å². The molecule has 1 aromatic heterocycles. The van der Waals surface area contributed by atoms with Crippen LogP contribution < -0.4 is 10.4 Å². The van der Waals surface area contributed by atoms with Gasteiger partial charge in [-0.25, -0.2) is 15.0 Å². The molecule has 0 amide bonds. The molecule has 1 aliphatic heterocycles. The van der Waals surface area contributed by atoms with Gasteiger partial charge in [-0.3, -0.25) is 0 Å². The van der Waals surface area contributed by atoms with Crippen molar-refractivity contribution in [3.05, 3.63) is 164 Å². The van der Waals surface area contributed by atoms with Crippen molar-refractivity contribution in [3.8, 4) is 67.5 Å². The third-order valence-electron chi connectivity index (χ3n) is 9.95. The zero-order valence-electron chi connectivity index (χ0n) is 27.4. The summed E-state index contributed by atoms with van der Waals surface area (Å²) in [6.07, 6.45) is 0. The fourth-order valence-corrected chi connectivity index (χ4v) is 10.9. The van der Waals surface area contributed by atoms with E-state index in [9.17, 15) is 0 Å². The normalized spacial score (nSPS) is 12.9. The number of nitrogens with zero attached hydrogens (tertiary/aromatic N) is 3. The van der Waals surface area contributed by atoms with E-state index in [0.29, 0.717) is 11.6 Å². The van der Waals surface area contributed by atoms with Crippen LogP contribution in [0.5, 0.6) is 0 Å². The minimum Gasteiger partial charge on any atom is -0.208 e. The molecule has 7 aromatic carbocycles. The Labute approximate surface area is 287 Å². The quantitative estimate of drug-likeness (QED) is 0.175. The molecule has 0 spiro atoms. The molecule has 0 aliphatic carbocycles. The van der Waals surface area contributed by atoms with Gasteiger partial charge in [0.15, 0.2) is 17.5 Å². The molecule has 4 heteroatoms. The van der Waals surface area contributed by atoms with Crippen molar-refractivity contribution < 1.29 is 0 Å². The van der Waals surface area contributed by atoms with Crippen molar-refractivity contribution in [1.29, 1.82) is 0 Å². The van der Waals surface area contributed by atoms with Crippen LogP contribution >= 0.6 is 0 Å². The van der Waals surface area contributed by atoms with Crippen LogP contribution in [0.2, 0.25) is 13.1 Å². The third kappa shape index (κ3) is 5.00. The number of hydrogen-bond acceptors (Lipinski definition) is 3. The summed E-state index contributed by atoms with van der Waals surface area (Å²) in [5.41, 5.74) is 10.4. The third-order valence-corrected chi connectivity index (χ3v) is 13.5. The molecule has 0 N–H and O–H groups in total. The van der Waals surface area contributed by atoms with Crippen molar-refractivity contribution in [1.82, 2.24) is 15.0 Å². The molecule has 0 radical (unpaired) electrons. The van der Waals surface area contributed by atoms with Gasteiger partial charge in [-0.15, -0.1) is 0 Å². The summed E-state index contributed by atoms with van der Waals surface area (Å²) in [6, 6.07) is 58.2. The van der Waals surface area contributed by atoms with E-state index in [-0.39, 0.29) is 0 Å². The number of hydrogen-bond donors (Lipinski definition) is 0. The van der Waals surface area contributed by atoms with Gasteiger partial charge in [0.25, 0.3) is 0 Å². The summed E-state index contributed by atoms with van der Waals surface area (Å²) < 4.78 is 0. The zero-order valence-corrected chi connectivity index (χ0v) is 28.4. The second-order valence-corrected chi connectivity index (χ2v) is 17.5. The summed E-state index contributed by atoms with van der Waals surface area (Å²) in [5.74, 6) is 2.06. The highest BCUT2D eigenvalue weighted by molar-refractivity contribution is 7.04. The van der Waals surface area contributed by atoms with Crippen LogP contribution in [-0.4, -0.2) is 23.0 Å². The minimum absolute atomic E-state index is 0.671. The van der Waals surface area contributed by atoms with Crippen molar-refractivity contribution in [2.24, 2.45) is 0 Å². The second kappa shape index (κ2) is 11.6. The van der Waals surface area contributed by atoms with Crippen LogP contribution in [0.1, 0.15) is 0 Å². The van der Waals surface area contributed by atoms with Crippen molar-refractivity contribution in [2.75, 3.05) is 0 Å². The fraction of sp³-hybridized carbons (Fsp3) is 0.0444. The predicted molar refractivity (Wildman–Crippen MR) is 207 cm³/mol. The molecule has 2 heterocycles. The van der Waals surface area contributed by atoms with E-state index in [0.717, 1.165) is 33.6 Å². The summed E-state index contributed by atoms with van der Waals surface area (Å²) in [5, 5.41) is 5.34. The van der Waals surface area contributed by atoms with Gasteiger partial charge in [0.05, 0.1) is 0 Å². The van der Waals surface area contributed by atoms with E-state index < -0.39 is 8.07 Å². The lowest BCUT2D eigenvalue weighted by atomic mass is 9.97. The van der Waals surface area contributed by atoms with Gasteiger partial charge in [-0.1, -0.05) is 177 Å². The van der Waals surface area contributed by atoms with Crippen LogP contribution in [0.4, 0.5) is 0 Å². The first kappa shape index (κ1) is 29.2. The molecular formula is C45H33N3Si. The average molecular weight is 644 g/mol. The van der Waals surface area contributed by atoms with Crippen LogP contribution in [-0.2, 0) is 0 Å². The molecule has 9 rings (SSSR count). The molecule has 0 atom stereocenters. The number of benzene rings is 7.